The van der Waals surface area contributed by atoms with Crippen molar-refractivity contribution in [2.75, 3.05) is 0 Å². The average molecular weight is 278 g/mol. The summed E-state index contributed by atoms with van der Waals surface area (Å²) in [6.07, 6.45) is 0. The van der Waals surface area contributed by atoms with Crippen molar-refractivity contribution in [3.63, 3.8) is 0 Å². The molecule has 98 valence electrons. The Morgan fingerprint density at radius 3 is 2.32 bits per heavy atom. The summed E-state index contributed by atoms with van der Waals surface area (Å²) in [7, 11) is 0. The maximum atomic E-state index is 13.4. The summed E-state index contributed by atoms with van der Waals surface area (Å²) in [5, 5.41) is 2.68. The molecule has 0 aliphatic rings. The number of hydrogen-bond donors (Lipinski definition) is 1. The minimum atomic E-state index is -0.516. The largest absolute Gasteiger partial charge is 0.348 e. The number of alkyl halides is 1. The summed E-state index contributed by atoms with van der Waals surface area (Å²) in [5.41, 5.74) is 2.02. The van der Waals surface area contributed by atoms with Gasteiger partial charge in [-0.25, -0.2) is 4.39 Å². The topological polar surface area (TPSA) is 29.1 Å². The molecule has 0 spiro atoms. The number of rotatable bonds is 4. The van der Waals surface area contributed by atoms with Crippen molar-refractivity contribution in [3.05, 3.63) is 71.0 Å². The number of amides is 1. The lowest BCUT2D eigenvalue weighted by Crippen LogP contribution is -2.23. The van der Waals surface area contributed by atoms with E-state index in [2.05, 4.69) is 5.32 Å². The maximum absolute atomic E-state index is 13.4. The molecule has 0 aliphatic carbocycles. The van der Waals surface area contributed by atoms with Crippen LogP contribution in [0.15, 0.2) is 48.5 Å². The fraction of sp³-hybridized carbons (Fsp3) is 0.133. The molecule has 0 saturated carbocycles. The Bertz CT molecular complexity index is 569. The van der Waals surface area contributed by atoms with Crippen LogP contribution < -0.4 is 5.32 Å². The van der Waals surface area contributed by atoms with Gasteiger partial charge in [0.15, 0.2) is 0 Å². The molecule has 2 rings (SSSR count). The summed E-state index contributed by atoms with van der Waals surface area (Å²) in [6.45, 7) is 0.357. The van der Waals surface area contributed by atoms with Gasteiger partial charge in [-0.05, 0) is 23.3 Å². The Hall–Kier alpha value is -1.87. The second-order valence-electron chi connectivity index (χ2n) is 4.11. The molecule has 0 saturated heterocycles. The molecule has 19 heavy (non-hydrogen) atoms. The second kappa shape index (κ2) is 6.34. The number of carbonyl (C=O) groups is 1. The smallest absolute Gasteiger partial charge is 0.254 e. The van der Waals surface area contributed by atoms with Gasteiger partial charge in [-0.2, -0.15) is 0 Å². The first-order valence-corrected chi connectivity index (χ1v) is 6.40. The van der Waals surface area contributed by atoms with E-state index in [1.807, 2.05) is 24.3 Å². The van der Waals surface area contributed by atoms with Crippen LogP contribution in [-0.4, -0.2) is 5.91 Å². The average Bonchev–Trinajstić information content (AvgIpc) is 2.46. The second-order valence-corrected chi connectivity index (χ2v) is 4.38. The number of hydrogen-bond acceptors (Lipinski definition) is 1. The molecule has 2 nitrogen and oxygen atoms in total. The lowest BCUT2D eigenvalue weighted by atomic mass is 10.1. The summed E-state index contributed by atoms with van der Waals surface area (Å²) >= 11 is 5.69. The van der Waals surface area contributed by atoms with Gasteiger partial charge < -0.3 is 5.32 Å². The van der Waals surface area contributed by atoms with Gasteiger partial charge in [0.05, 0.1) is 5.56 Å². The van der Waals surface area contributed by atoms with E-state index in [-0.39, 0.29) is 5.56 Å². The standard InChI is InChI=1S/C15H13ClFNO/c16-9-11-5-7-12(8-6-11)10-18-15(19)13-3-1-2-4-14(13)17/h1-8H,9-10H2,(H,18,19). The van der Waals surface area contributed by atoms with Crippen LogP contribution in [0.5, 0.6) is 0 Å². The van der Waals surface area contributed by atoms with Gasteiger partial charge in [-0.1, -0.05) is 36.4 Å². The van der Waals surface area contributed by atoms with E-state index in [0.717, 1.165) is 11.1 Å². The molecule has 0 aromatic heterocycles. The van der Waals surface area contributed by atoms with E-state index in [4.69, 9.17) is 11.6 Å². The van der Waals surface area contributed by atoms with Gasteiger partial charge in [-0.15, -0.1) is 11.6 Å². The van der Waals surface area contributed by atoms with E-state index >= 15 is 0 Å². The van der Waals surface area contributed by atoms with Crippen molar-refractivity contribution in [3.8, 4) is 0 Å². The molecule has 2 aromatic rings. The molecule has 0 heterocycles. The summed E-state index contributed by atoms with van der Waals surface area (Å²) in [6, 6.07) is 13.5. The van der Waals surface area contributed by atoms with Gasteiger partial charge in [-0.3, -0.25) is 4.79 Å². The van der Waals surface area contributed by atoms with Crippen LogP contribution in [0, 0.1) is 5.82 Å². The Morgan fingerprint density at radius 1 is 1.05 bits per heavy atom. The normalized spacial score (nSPS) is 10.2. The molecule has 0 aliphatic heterocycles. The van der Waals surface area contributed by atoms with Crippen LogP contribution >= 0.6 is 11.6 Å². The zero-order valence-electron chi connectivity index (χ0n) is 10.2. The summed E-state index contributed by atoms with van der Waals surface area (Å²) < 4.78 is 13.4. The minimum Gasteiger partial charge on any atom is -0.348 e. The van der Waals surface area contributed by atoms with E-state index in [1.165, 1.54) is 12.1 Å². The molecule has 0 unspecified atom stereocenters. The highest BCUT2D eigenvalue weighted by Crippen LogP contribution is 2.08. The third-order valence-corrected chi connectivity index (χ3v) is 3.06. The van der Waals surface area contributed by atoms with Crippen molar-refractivity contribution in [1.82, 2.24) is 5.32 Å². The van der Waals surface area contributed by atoms with Crippen LogP contribution in [0.25, 0.3) is 0 Å². The lowest BCUT2D eigenvalue weighted by molar-refractivity contribution is 0.0947. The molecule has 1 amide bonds. The van der Waals surface area contributed by atoms with E-state index < -0.39 is 11.7 Å². The number of nitrogens with one attached hydrogen (secondary N) is 1. The fourth-order valence-corrected chi connectivity index (χ4v) is 1.85. The van der Waals surface area contributed by atoms with Crippen LogP contribution in [0.3, 0.4) is 0 Å². The molecular formula is C15H13ClFNO. The van der Waals surface area contributed by atoms with Crippen LogP contribution in [0.2, 0.25) is 0 Å². The van der Waals surface area contributed by atoms with Gasteiger partial charge in [0.1, 0.15) is 5.82 Å². The van der Waals surface area contributed by atoms with E-state index in [9.17, 15) is 9.18 Å². The molecule has 0 bridgehead atoms. The highest BCUT2D eigenvalue weighted by atomic mass is 35.5. The third-order valence-electron chi connectivity index (χ3n) is 2.75. The number of benzene rings is 2. The van der Waals surface area contributed by atoms with Gasteiger partial charge in [0, 0.05) is 12.4 Å². The van der Waals surface area contributed by atoms with Crippen LogP contribution in [0.4, 0.5) is 4.39 Å². The van der Waals surface area contributed by atoms with E-state index in [1.54, 1.807) is 12.1 Å². The number of halogens is 2. The Kier molecular flexibility index (Phi) is 4.53. The first-order chi connectivity index (χ1) is 9.20. The SMILES string of the molecule is O=C(NCc1ccc(CCl)cc1)c1ccccc1F. The highest BCUT2D eigenvalue weighted by Gasteiger charge is 2.09. The quantitative estimate of drug-likeness (QED) is 0.852. The summed E-state index contributed by atoms with van der Waals surface area (Å²) in [5.74, 6) is -0.473. The first-order valence-electron chi connectivity index (χ1n) is 5.87. The minimum absolute atomic E-state index is 0.0554. The first kappa shape index (κ1) is 13.6. The predicted molar refractivity (Wildman–Crippen MR) is 73.6 cm³/mol. The highest BCUT2D eigenvalue weighted by molar-refractivity contribution is 6.17. The van der Waals surface area contributed by atoms with Crippen molar-refractivity contribution in [2.45, 2.75) is 12.4 Å². The molecular weight excluding hydrogens is 265 g/mol. The summed E-state index contributed by atoms with van der Waals surface area (Å²) in [4.78, 5) is 11.8. The van der Waals surface area contributed by atoms with E-state index in [0.29, 0.717) is 12.4 Å². The van der Waals surface area contributed by atoms with Gasteiger partial charge in [0.2, 0.25) is 0 Å². The van der Waals surface area contributed by atoms with Crippen molar-refractivity contribution < 1.29 is 9.18 Å². The number of carbonyl (C=O) groups excluding carboxylic acids is 1. The van der Waals surface area contributed by atoms with Gasteiger partial charge >= 0.3 is 0 Å². The zero-order chi connectivity index (χ0) is 13.7. The Morgan fingerprint density at radius 2 is 1.68 bits per heavy atom. The molecule has 0 atom stereocenters. The van der Waals surface area contributed by atoms with Crippen LogP contribution in [-0.2, 0) is 12.4 Å². The monoisotopic (exact) mass is 277 g/mol. The third kappa shape index (κ3) is 3.55. The predicted octanol–water partition coefficient (Wildman–Crippen LogP) is 3.49. The van der Waals surface area contributed by atoms with Crippen molar-refractivity contribution in [2.24, 2.45) is 0 Å². The Labute approximate surface area is 116 Å². The van der Waals surface area contributed by atoms with Crippen molar-refractivity contribution >= 4 is 17.5 Å². The van der Waals surface area contributed by atoms with Gasteiger partial charge in [0.25, 0.3) is 5.91 Å². The fourth-order valence-electron chi connectivity index (χ4n) is 1.67. The lowest BCUT2D eigenvalue weighted by Gasteiger charge is -2.06. The maximum Gasteiger partial charge on any atom is 0.254 e. The molecule has 4 heteroatoms. The molecule has 1 N–H and O–H groups in total. The molecule has 2 aromatic carbocycles. The van der Waals surface area contributed by atoms with Crippen molar-refractivity contribution in [1.29, 1.82) is 0 Å². The zero-order valence-corrected chi connectivity index (χ0v) is 11.0. The molecule has 0 radical (unpaired) electrons. The molecule has 0 fully saturated rings. The van der Waals surface area contributed by atoms with Crippen LogP contribution in [0.1, 0.15) is 21.5 Å². The Balaban J connectivity index is 1.98.